The van der Waals surface area contributed by atoms with E-state index in [0.29, 0.717) is 22.6 Å². The zero-order chi connectivity index (χ0) is 15.2. The van der Waals surface area contributed by atoms with Crippen LogP contribution in [0.15, 0.2) is 18.2 Å². The monoisotopic (exact) mass is 330 g/mol. The molecule has 1 aliphatic rings. The molecule has 1 aromatic carbocycles. The van der Waals surface area contributed by atoms with Crippen molar-refractivity contribution in [1.82, 2.24) is 10.6 Å². The number of hydrogen-bond acceptors (Lipinski definition) is 3. The van der Waals surface area contributed by atoms with Gasteiger partial charge in [0.1, 0.15) is 0 Å². The topological polar surface area (TPSA) is 50.4 Å². The van der Waals surface area contributed by atoms with Gasteiger partial charge in [-0.1, -0.05) is 29.3 Å². The van der Waals surface area contributed by atoms with Gasteiger partial charge in [0.2, 0.25) is 0 Å². The number of benzene rings is 1. The molecule has 0 aromatic heterocycles. The Morgan fingerprint density at radius 2 is 2.10 bits per heavy atom. The van der Waals surface area contributed by atoms with Gasteiger partial charge in [0, 0.05) is 0 Å². The first kappa shape index (κ1) is 16.4. The molecule has 21 heavy (non-hydrogen) atoms. The molecule has 0 bridgehead atoms. The van der Waals surface area contributed by atoms with Gasteiger partial charge in [-0.05, 0) is 56.5 Å². The summed E-state index contributed by atoms with van der Waals surface area (Å²) in [6.07, 6.45) is 1.60. The number of halogens is 2. The maximum absolute atomic E-state index is 11.8. The van der Waals surface area contributed by atoms with Crippen LogP contribution < -0.4 is 10.6 Å². The summed E-state index contributed by atoms with van der Waals surface area (Å²) in [6, 6.07) is 5.39. The number of carbonyl (C=O) groups is 1. The average molecular weight is 331 g/mol. The van der Waals surface area contributed by atoms with Gasteiger partial charge in [-0.15, -0.1) is 0 Å². The van der Waals surface area contributed by atoms with E-state index >= 15 is 0 Å². The molecule has 1 atom stereocenters. The first-order chi connectivity index (χ1) is 10.1. The van der Waals surface area contributed by atoms with Gasteiger partial charge < -0.3 is 15.4 Å². The molecular weight excluding hydrogens is 311 g/mol. The van der Waals surface area contributed by atoms with Crippen molar-refractivity contribution in [3.63, 3.8) is 0 Å². The number of ether oxygens (including phenoxy) is 1. The van der Waals surface area contributed by atoms with Crippen molar-refractivity contribution in [3.05, 3.63) is 33.8 Å². The van der Waals surface area contributed by atoms with E-state index in [4.69, 9.17) is 27.9 Å². The summed E-state index contributed by atoms with van der Waals surface area (Å²) in [5.74, 6) is 0.355. The van der Waals surface area contributed by atoms with Crippen LogP contribution in [0.3, 0.4) is 0 Å². The van der Waals surface area contributed by atoms with Crippen LogP contribution in [0.1, 0.15) is 31.4 Å². The number of carbonyl (C=O) groups excluding carboxylic acids is 1. The largest absolute Gasteiger partial charge is 0.450 e. The lowest BCUT2D eigenvalue weighted by Gasteiger charge is -2.31. The molecule has 1 heterocycles. The summed E-state index contributed by atoms with van der Waals surface area (Å²) in [4.78, 5) is 11.8. The molecule has 1 saturated heterocycles. The van der Waals surface area contributed by atoms with Gasteiger partial charge in [0.05, 0.1) is 22.7 Å². The predicted molar refractivity (Wildman–Crippen MR) is 85.0 cm³/mol. The summed E-state index contributed by atoms with van der Waals surface area (Å²) in [7, 11) is 0. The highest BCUT2D eigenvalue weighted by Crippen LogP contribution is 2.32. The van der Waals surface area contributed by atoms with Crippen molar-refractivity contribution in [2.45, 2.75) is 25.8 Å². The number of alkyl carbamates (subject to hydrolysis) is 1. The smallest absolute Gasteiger partial charge is 0.407 e. The minimum Gasteiger partial charge on any atom is -0.450 e. The van der Waals surface area contributed by atoms with E-state index in [1.54, 1.807) is 13.0 Å². The number of nitrogens with one attached hydrogen (secondary N) is 2. The van der Waals surface area contributed by atoms with Crippen LogP contribution in [0.2, 0.25) is 10.0 Å². The van der Waals surface area contributed by atoms with Gasteiger partial charge in [-0.2, -0.15) is 0 Å². The highest BCUT2D eigenvalue weighted by Gasteiger charge is 2.27. The first-order valence-electron chi connectivity index (χ1n) is 7.20. The van der Waals surface area contributed by atoms with Crippen molar-refractivity contribution in [2.75, 3.05) is 19.7 Å². The molecule has 0 spiro atoms. The van der Waals surface area contributed by atoms with Crippen molar-refractivity contribution in [2.24, 2.45) is 5.92 Å². The van der Waals surface area contributed by atoms with Gasteiger partial charge in [-0.3, -0.25) is 0 Å². The van der Waals surface area contributed by atoms with Crippen molar-refractivity contribution < 1.29 is 9.53 Å². The molecule has 2 rings (SSSR count). The summed E-state index contributed by atoms with van der Waals surface area (Å²) in [6.45, 7) is 4.05. The Labute approximate surface area is 135 Å². The van der Waals surface area contributed by atoms with Crippen LogP contribution in [-0.4, -0.2) is 25.8 Å². The van der Waals surface area contributed by atoms with Crippen LogP contribution in [0, 0.1) is 5.92 Å². The quantitative estimate of drug-likeness (QED) is 0.883. The Kier molecular flexibility index (Phi) is 6.15. The fraction of sp³-hybridized carbons (Fsp3) is 0.533. The van der Waals surface area contributed by atoms with Crippen LogP contribution >= 0.6 is 23.2 Å². The minimum absolute atomic E-state index is 0.110. The maximum atomic E-state index is 11.8. The average Bonchev–Trinajstić information content (AvgIpc) is 2.49. The zero-order valence-electron chi connectivity index (χ0n) is 12.0. The van der Waals surface area contributed by atoms with Crippen molar-refractivity contribution in [1.29, 1.82) is 0 Å². The molecule has 4 nitrogen and oxygen atoms in total. The lowest BCUT2D eigenvalue weighted by Crippen LogP contribution is -2.39. The lowest BCUT2D eigenvalue weighted by molar-refractivity contribution is 0.141. The summed E-state index contributed by atoms with van der Waals surface area (Å²) >= 11 is 12.1. The molecule has 1 unspecified atom stereocenters. The Morgan fingerprint density at radius 3 is 2.71 bits per heavy atom. The molecular formula is C15H20Cl2N2O2. The van der Waals surface area contributed by atoms with E-state index in [0.717, 1.165) is 31.5 Å². The van der Waals surface area contributed by atoms with E-state index in [1.165, 1.54) is 0 Å². The Morgan fingerprint density at radius 1 is 1.38 bits per heavy atom. The maximum Gasteiger partial charge on any atom is 0.407 e. The first-order valence-corrected chi connectivity index (χ1v) is 7.96. The Bertz CT molecular complexity index is 491. The highest BCUT2D eigenvalue weighted by atomic mass is 35.5. The molecule has 0 aliphatic carbocycles. The third kappa shape index (κ3) is 4.50. The van der Waals surface area contributed by atoms with E-state index in [9.17, 15) is 4.79 Å². The molecule has 1 aliphatic heterocycles. The van der Waals surface area contributed by atoms with Gasteiger partial charge in [0.25, 0.3) is 0 Å². The van der Waals surface area contributed by atoms with Crippen LogP contribution in [-0.2, 0) is 4.74 Å². The molecule has 1 amide bonds. The number of piperidine rings is 1. The minimum atomic E-state index is -0.396. The molecule has 0 radical (unpaired) electrons. The fourth-order valence-electron chi connectivity index (χ4n) is 2.66. The third-order valence-electron chi connectivity index (χ3n) is 3.71. The van der Waals surface area contributed by atoms with Crippen molar-refractivity contribution >= 4 is 29.3 Å². The number of rotatable bonds is 4. The molecule has 6 heteroatoms. The van der Waals surface area contributed by atoms with E-state index in [2.05, 4.69) is 10.6 Å². The molecule has 1 aromatic rings. The van der Waals surface area contributed by atoms with Crippen LogP contribution in [0.5, 0.6) is 0 Å². The van der Waals surface area contributed by atoms with Gasteiger partial charge in [-0.25, -0.2) is 4.79 Å². The second kappa shape index (κ2) is 7.87. The summed E-state index contributed by atoms with van der Waals surface area (Å²) in [5, 5.41) is 7.30. The highest BCUT2D eigenvalue weighted by molar-refractivity contribution is 6.42. The number of amides is 1. The van der Waals surface area contributed by atoms with E-state index in [1.807, 2.05) is 12.1 Å². The van der Waals surface area contributed by atoms with E-state index < -0.39 is 6.09 Å². The second-order valence-electron chi connectivity index (χ2n) is 5.10. The normalized spacial score (nSPS) is 17.3. The van der Waals surface area contributed by atoms with Gasteiger partial charge >= 0.3 is 6.09 Å². The molecule has 2 N–H and O–H groups in total. The van der Waals surface area contributed by atoms with Crippen LogP contribution in [0.25, 0.3) is 0 Å². The predicted octanol–water partition coefficient (Wildman–Crippen LogP) is 3.78. The van der Waals surface area contributed by atoms with Crippen LogP contribution in [0.4, 0.5) is 4.79 Å². The zero-order valence-corrected chi connectivity index (χ0v) is 13.5. The third-order valence-corrected chi connectivity index (χ3v) is 4.45. The molecule has 116 valence electrons. The molecule has 0 saturated carbocycles. The Balaban J connectivity index is 2.20. The molecule has 1 fully saturated rings. The second-order valence-corrected chi connectivity index (χ2v) is 5.92. The van der Waals surface area contributed by atoms with Crippen molar-refractivity contribution in [3.8, 4) is 0 Å². The standard InChI is InChI=1S/C15H20Cl2N2O2/c1-2-21-15(20)19-14(10-5-7-18-8-6-10)11-3-4-12(16)13(17)9-11/h3-4,9-10,14,18H,2,5-8H2,1H3,(H,19,20). The van der Waals surface area contributed by atoms with E-state index in [-0.39, 0.29) is 6.04 Å². The fourth-order valence-corrected chi connectivity index (χ4v) is 2.96. The SMILES string of the molecule is CCOC(=O)NC(c1ccc(Cl)c(Cl)c1)C1CCNCC1. The summed E-state index contributed by atoms with van der Waals surface area (Å²) in [5.41, 5.74) is 0.962. The summed E-state index contributed by atoms with van der Waals surface area (Å²) < 4.78 is 5.01. The lowest BCUT2D eigenvalue weighted by atomic mass is 9.86. The van der Waals surface area contributed by atoms with Gasteiger partial charge in [0.15, 0.2) is 0 Å². The number of hydrogen-bond donors (Lipinski definition) is 2. The Hall–Kier alpha value is -0.970.